The molecule has 0 aromatic heterocycles. The van der Waals surface area contributed by atoms with Crippen molar-refractivity contribution in [2.75, 3.05) is 11.0 Å². The molecule has 2 aromatic rings. The summed E-state index contributed by atoms with van der Waals surface area (Å²) in [5, 5.41) is 7.19. The van der Waals surface area contributed by atoms with Crippen molar-refractivity contribution in [2.24, 2.45) is 0 Å². The Kier molecular flexibility index (Phi) is 7.79. The average Bonchev–Trinajstić information content (AvgIpc) is 2.60. The van der Waals surface area contributed by atoms with Crippen molar-refractivity contribution in [1.29, 1.82) is 0 Å². The van der Waals surface area contributed by atoms with Gasteiger partial charge in [0.05, 0.1) is 22.0 Å². The maximum atomic E-state index is 11.4. The molecular weight excluding hydrogens is 449 g/mol. The lowest BCUT2D eigenvalue weighted by molar-refractivity contribution is 0.590. The topological polar surface area (TPSA) is 70.2 Å². The molecule has 0 saturated heterocycles. The van der Waals surface area contributed by atoms with Gasteiger partial charge in [0, 0.05) is 13.1 Å². The number of rotatable bonds is 6. The summed E-state index contributed by atoms with van der Waals surface area (Å²) in [6.45, 7) is 7.55. The number of hydrogen-bond donors (Lipinski definition) is 3. The fourth-order valence-corrected chi connectivity index (χ4v) is 4.03. The standard InChI is InChI=1S/C20H25Cl2N3O2S2/c1-20(2,3)15-7-5-13(6-8-15)11-23-19(28)24-12-14-9-16(21)18(17(22)10-14)25-29(4,26)27/h5-10,25H,11-12H2,1-4H3,(H2,23,24,28). The summed E-state index contributed by atoms with van der Waals surface area (Å²) in [6.07, 6.45) is 1.04. The van der Waals surface area contributed by atoms with Gasteiger partial charge >= 0.3 is 0 Å². The van der Waals surface area contributed by atoms with E-state index in [2.05, 4.69) is 60.4 Å². The predicted octanol–water partition coefficient (Wildman–Crippen LogP) is 4.83. The molecule has 9 heteroatoms. The minimum Gasteiger partial charge on any atom is -0.359 e. The van der Waals surface area contributed by atoms with Crippen molar-refractivity contribution in [3.8, 4) is 0 Å². The first-order valence-corrected chi connectivity index (χ1v) is 12.0. The van der Waals surface area contributed by atoms with Gasteiger partial charge in [0.2, 0.25) is 10.0 Å². The molecule has 0 amide bonds. The highest BCUT2D eigenvalue weighted by molar-refractivity contribution is 7.92. The molecule has 0 atom stereocenters. The molecule has 0 aliphatic heterocycles. The van der Waals surface area contributed by atoms with Crippen LogP contribution in [0.4, 0.5) is 5.69 Å². The van der Waals surface area contributed by atoms with Gasteiger partial charge in [-0.3, -0.25) is 4.72 Å². The maximum Gasteiger partial charge on any atom is 0.229 e. The smallest absolute Gasteiger partial charge is 0.229 e. The van der Waals surface area contributed by atoms with Crippen molar-refractivity contribution in [3.05, 3.63) is 63.1 Å². The largest absolute Gasteiger partial charge is 0.359 e. The Morgan fingerprint density at radius 2 is 1.45 bits per heavy atom. The Morgan fingerprint density at radius 1 is 0.966 bits per heavy atom. The lowest BCUT2D eigenvalue weighted by Gasteiger charge is -2.19. The van der Waals surface area contributed by atoms with Gasteiger partial charge in [-0.05, 0) is 46.5 Å². The van der Waals surface area contributed by atoms with Crippen LogP contribution in [-0.2, 0) is 28.5 Å². The lowest BCUT2D eigenvalue weighted by atomic mass is 9.87. The van der Waals surface area contributed by atoms with Crippen LogP contribution in [0, 0.1) is 0 Å². The van der Waals surface area contributed by atoms with Crippen LogP contribution >= 0.6 is 35.4 Å². The summed E-state index contributed by atoms with van der Waals surface area (Å²) in [5.74, 6) is 0. The van der Waals surface area contributed by atoms with Crippen LogP contribution in [0.5, 0.6) is 0 Å². The second kappa shape index (κ2) is 9.51. The molecule has 158 valence electrons. The molecule has 0 aliphatic rings. The summed E-state index contributed by atoms with van der Waals surface area (Å²) >= 11 is 17.6. The monoisotopic (exact) mass is 473 g/mol. The number of thiocarbonyl (C=S) groups is 1. The minimum absolute atomic E-state index is 0.123. The number of halogens is 2. The first-order chi connectivity index (χ1) is 13.3. The van der Waals surface area contributed by atoms with E-state index in [0.29, 0.717) is 18.2 Å². The molecule has 29 heavy (non-hydrogen) atoms. The van der Waals surface area contributed by atoms with Crippen molar-refractivity contribution in [1.82, 2.24) is 10.6 Å². The van der Waals surface area contributed by atoms with Crippen LogP contribution in [0.25, 0.3) is 0 Å². The normalized spacial score (nSPS) is 11.8. The molecule has 3 N–H and O–H groups in total. The van der Waals surface area contributed by atoms with E-state index in [0.717, 1.165) is 17.4 Å². The fourth-order valence-electron chi connectivity index (χ4n) is 2.56. The van der Waals surface area contributed by atoms with Crippen molar-refractivity contribution < 1.29 is 8.42 Å². The van der Waals surface area contributed by atoms with Gasteiger partial charge < -0.3 is 10.6 Å². The summed E-state index contributed by atoms with van der Waals surface area (Å²) in [6, 6.07) is 11.7. The van der Waals surface area contributed by atoms with Crippen LogP contribution < -0.4 is 15.4 Å². The highest BCUT2D eigenvalue weighted by Crippen LogP contribution is 2.32. The number of hydrogen-bond acceptors (Lipinski definition) is 3. The van der Waals surface area contributed by atoms with E-state index >= 15 is 0 Å². The van der Waals surface area contributed by atoms with E-state index in [1.165, 1.54) is 5.56 Å². The molecule has 0 heterocycles. The van der Waals surface area contributed by atoms with E-state index in [4.69, 9.17) is 35.4 Å². The SMILES string of the molecule is CC(C)(C)c1ccc(CNC(=S)NCc2cc(Cl)c(NS(C)(=O)=O)c(Cl)c2)cc1. The molecule has 2 aromatic carbocycles. The molecule has 0 bridgehead atoms. The van der Waals surface area contributed by atoms with Crippen molar-refractivity contribution in [2.45, 2.75) is 39.3 Å². The van der Waals surface area contributed by atoms with Gasteiger partial charge in [0.15, 0.2) is 5.11 Å². The second-order valence-electron chi connectivity index (χ2n) is 7.79. The van der Waals surface area contributed by atoms with Gasteiger partial charge in [-0.2, -0.15) is 0 Å². The van der Waals surface area contributed by atoms with Gasteiger partial charge in [0.1, 0.15) is 0 Å². The van der Waals surface area contributed by atoms with Gasteiger partial charge in [-0.25, -0.2) is 8.42 Å². The fraction of sp³-hybridized carbons (Fsp3) is 0.350. The van der Waals surface area contributed by atoms with E-state index < -0.39 is 10.0 Å². The zero-order valence-electron chi connectivity index (χ0n) is 16.8. The molecule has 0 radical (unpaired) electrons. The molecule has 0 fully saturated rings. The predicted molar refractivity (Wildman–Crippen MR) is 126 cm³/mol. The van der Waals surface area contributed by atoms with Crippen LogP contribution in [0.2, 0.25) is 10.0 Å². The second-order valence-corrected chi connectivity index (χ2v) is 10.8. The third-order valence-corrected chi connectivity index (χ3v) is 5.58. The molecular formula is C20H25Cl2N3O2S2. The van der Waals surface area contributed by atoms with E-state index in [-0.39, 0.29) is 21.1 Å². The Labute approximate surface area is 188 Å². The van der Waals surface area contributed by atoms with E-state index in [1.54, 1.807) is 12.1 Å². The zero-order chi connectivity index (χ0) is 21.8. The minimum atomic E-state index is -3.47. The zero-order valence-corrected chi connectivity index (χ0v) is 19.9. The van der Waals surface area contributed by atoms with Crippen LogP contribution in [0.15, 0.2) is 36.4 Å². The van der Waals surface area contributed by atoms with Crippen LogP contribution in [0.1, 0.15) is 37.5 Å². The molecule has 0 saturated carbocycles. The van der Waals surface area contributed by atoms with Gasteiger partial charge in [-0.15, -0.1) is 0 Å². The Balaban J connectivity index is 1.91. The lowest BCUT2D eigenvalue weighted by Crippen LogP contribution is -2.34. The Bertz CT molecular complexity index is 963. The van der Waals surface area contributed by atoms with E-state index in [1.807, 2.05) is 0 Å². The molecule has 0 unspecified atom stereocenters. The third kappa shape index (κ3) is 7.66. The average molecular weight is 474 g/mol. The number of sulfonamides is 1. The molecule has 5 nitrogen and oxygen atoms in total. The molecule has 2 rings (SSSR count). The van der Waals surface area contributed by atoms with Crippen molar-refractivity contribution >= 4 is 56.2 Å². The summed E-state index contributed by atoms with van der Waals surface area (Å²) in [7, 11) is -3.47. The van der Waals surface area contributed by atoms with Gasteiger partial charge in [0.25, 0.3) is 0 Å². The van der Waals surface area contributed by atoms with E-state index in [9.17, 15) is 8.42 Å². The quantitative estimate of drug-likeness (QED) is 0.524. The summed E-state index contributed by atoms with van der Waals surface area (Å²) < 4.78 is 25.1. The van der Waals surface area contributed by atoms with Crippen LogP contribution in [-0.4, -0.2) is 19.8 Å². The Morgan fingerprint density at radius 3 is 1.90 bits per heavy atom. The van der Waals surface area contributed by atoms with Crippen molar-refractivity contribution in [3.63, 3.8) is 0 Å². The first kappa shape index (κ1) is 23.7. The summed E-state index contributed by atoms with van der Waals surface area (Å²) in [5.41, 5.74) is 3.48. The highest BCUT2D eigenvalue weighted by atomic mass is 35.5. The van der Waals surface area contributed by atoms with Gasteiger partial charge in [-0.1, -0.05) is 68.2 Å². The molecule has 0 spiro atoms. The highest BCUT2D eigenvalue weighted by Gasteiger charge is 2.14. The first-order valence-electron chi connectivity index (χ1n) is 8.92. The molecule has 0 aliphatic carbocycles. The third-order valence-electron chi connectivity index (χ3n) is 4.12. The number of nitrogens with one attached hydrogen (secondary N) is 3. The number of anilines is 1. The maximum absolute atomic E-state index is 11.4. The van der Waals surface area contributed by atoms with Crippen LogP contribution in [0.3, 0.4) is 0 Å². The summed E-state index contributed by atoms with van der Waals surface area (Å²) in [4.78, 5) is 0. The number of benzene rings is 2. The Hall–Kier alpha value is -1.54.